The summed E-state index contributed by atoms with van der Waals surface area (Å²) in [6, 6.07) is 18.0. The zero-order valence-electron chi connectivity index (χ0n) is 16.1. The molecule has 7 heteroatoms. The minimum absolute atomic E-state index is 0.132. The molecule has 4 aromatic rings. The maximum Gasteiger partial charge on any atom is 0.416 e. The number of imidazole rings is 1. The molecule has 0 saturated carbocycles. The van der Waals surface area contributed by atoms with Crippen LogP contribution in [0.1, 0.15) is 27.0 Å². The van der Waals surface area contributed by atoms with Gasteiger partial charge in [-0.2, -0.15) is 13.2 Å². The van der Waals surface area contributed by atoms with E-state index in [1.54, 1.807) is 18.5 Å². The Morgan fingerprint density at radius 1 is 1.03 bits per heavy atom. The molecule has 0 fully saturated rings. The Morgan fingerprint density at radius 3 is 2.50 bits per heavy atom. The molecule has 0 aliphatic carbocycles. The van der Waals surface area contributed by atoms with Crippen molar-refractivity contribution in [3.8, 4) is 5.69 Å². The van der Waals surface area contributed by atoms with Gasteiger partial charge in [0.15, 0.2) is 0 Å². The third kappa shape index (κ3) is 4.05. The third-order valence-corrected chi connectivity index (χ3v) is 4.82. The SMILES string of the molecule is Cc1cccc(-n2cnc3cc(C(=O)NCc4ccc(C(F)(F)F)cc4)ccc32)c1. The highest BCUT2D eigenvalue weighted by Crippen LogP contribution is 2.29. The zero-order chi connectivity index (χ0) is 21.3. The van der Waals surface area contributed by atoms with Gasteiger partial charge in [-0.1, -0.05) is 24.3 Å². The summed E-state index contributed by atoms with van der Waals surface area (Å²) >= 11 is 0. The maximum absolute atomic E-state index is 12.6. The van der Waals surface area contributed by atoms with Crippen LogP contribution in [0.25, 0.3) is 16.7 Å². The van der Waals surface area contributed by atoms with E-state index in [-0.39, 0.29) is 12.5 Å². The van der Waals surface area contributed by atoms with Crippen LogP contribution < -0.4 is 5.32 Å². The number of carbonyl (C=O) groups excluding carboxylic acids is 1. The van der Waals surface area contributed by atoms with Gasteiger partial charge in [-0.3, -0.25) is 9.36 Å². The number of alkyl halides is 3. The van der Waals surface area contributed by atoms with Gasteiger partial charge >= 0.3 is 6.18 Å². The number of aromatic nitrogens is 2. The number of hydrogen-bond donors (Lipinski definition) is 1. The number of nitrogens with zero attached hydrogens (tertiary/aromatic N) is 2. The summed E-state index contributed by atoms with van der Waals surface area (Å²) in [5, 5.41) is 2.73. The summed E-state index contributed by atoms with van der Waals surface area (Å²) < 4.78 is 39.9. The fourth-order valence-corrected chi connectivity index (χ4v) is 3.23. The smallest absolute Gasteiger partial charge is 0.348 e. The van der Waals surface area contributed by atoms with Crippen LogP contribution in [-0.4, -0.2) is 15.5 Å². The van der Waals surface area contributed by atoms with E-state index >= 15 is 0 Å². The molecule has 3 aromatic carbocycles. The predicted molar refractivity (Wildman–Crippen MR) is 108 cm³/mol. The number of aryl methyl sites for hydroxylation is 1. The van der Waals surface area contributed by atoms with Crippen molar-refractivity contribution in [1.29, 1.82) is 0 Å². The van der Waals surface area contributed by atoms with E-state index in [0.29, 0.717) is 16.6 Å². The predicted octanol–water partition coefficient (Wildman–Crippen LogP) is 5.28. The van der Waals surface area contributed by atoms with Crippen LogP contribution in [0.3, 0.4) is 0 Å². The van der Waals surface area contributed by atoms with Crippen molar-refractivity contribution in [2.24, 2.45) is 0 Å². The Bertz CT molecular complexity index is 1210. The topological polar surface area (TPSA) is 46.9 Å². The number of benzene rings is 3. The molecule has 0 atom stereocenters. The van der Waals surface area contributed by atoms with Crippen LogP contribution in [-0.2, 0) is 12.7 Å². The molecular weight excluding hydrogens is 391 g/mol. The van der Waals surface area contributed by atoms with Crippen LogP contribution in [0, 0.1) is 6.92 Å². The molecule has 0 radical (unpaired) electrons. The molecule has 0 spiro atoms. The van der Waals surface area contributed by atoms with Gasteiger partial charge in [0.2, 0.25) is 0 Å². The second kappa shape index (κ2) is 7.67. The van der Waals surface area contributed by atoms with Crippen molar-refractivity contribution in [2.75, 3.05) is 0 Å². The number of rotatable bonds is 4. The largest absolute Gasteiger partial charge is 0.416 e. The van der Waals surface area contributed by atoms with E-state index in [4.69, 9.17) is 0 Å². The zero-order valence-corrected chi connectivity index (χ0v) is 16.1. The average molecular weight is 409 g/mol. The molecule has 1 N–H and O–H groups in total. The molecule has 1 heterocycles. The van der Waals surface area contributed by atoms with Crippen molar-refractivity contribution in [3.05, 3.63) is 95.3 Å². The summed E-state index contributed by atoms with van der Waals surface area (Å²) in [4.78, 5) is 16.9. The van der Waals surface area contributed by atoms with Crippen LogP contribution in [0.15, 0.2) is 73.1 Å². The molecule has 1 aromatic heterocycles. The molecule has 1 amide bonds. The van der Waals surface area contributed by atoms with Crippen molar-refractivity contribution >= 4 is 16.9 Å². The van der Waals surface area contributed by atoms with E-state index in [9.17, 15) is 18.0 Å². The monoisotopic (exact) mass is 409 g/mol. The first-order chi connectivity index (χ1) is 14.3. The summed E-state index contributed by atoms with van der Waals surface area (Å²) in [5.74, 6) is -0.318. The van der Waals surface area contributed by atoms with E-state index < -0.39 is 11.7 Å². The van der Waals surface area contributed by atoms with E-state index in [0.717, 1.165) is 28.9 Å². The summed E-state index contributed by atoms with van der Waals surface area (Å²) in [5.41, 5.74) is 3.97. The summed E-state index contributed by atoms with van der Waals surface area (Å²) in [6.07, 6.45) is -2.66. The quantitative estimate of drug-likeness (QED) is 0.498. The number of halogens is 3. The number of hydrogen-bond acceptors (Lipinski definition) is 2. The van der Waals surface area contributed by atoms with Crippen LogP contribution >= 0.6 is 0 Å². The highest BCUT2D eigenvalue weighted by atomic mass is 19.4. The Kier molecular flexibility index (Phi) is 5.03. The molecule has 0 aliphatic heterocycles. The van der Waals surface area contributed by atoms with Crippen molar-refractivity contribution in [3.63, 3.8) is 0 Å². The minimum atomic E-state index is -4.38. The lowest BCUT2D eigenvalue weighted by atomic mass is 10.1. The maximum atomic E-state index is 12.6. The van der Waals surface area contributed by atoms with Gasteiger partial charge in [0, 0.05) is 17.8 Å². The van der Waals surface area contributed by atoms with Crippen LogP contribution in [0.5, 0.6) is 0 Å². The number of carbonyl (C=O) groups is 1. The highest BCUT2D eigenvalue weighted by molar-refractivity contribution is 5.97. The van der Waals surface area contributed by atoms with Crippen molar-refractivity contribution < 1.29 is 18.0 Å². The molecular formula is C23H18F3N3O. The lowest BCUT2D eigenvalue weighted by Crippen LogP contribution is -2.22. The van der Waals surface area contributed by atoms with Gasteiger partial charge in [-0.05, 0) is 60.5 Å². The second-order valence-corrected chi connectivity index (χ2v) is 7.03. The fraction of sp³-hybridized carbons (Fsp3) is 0.130. The van der Waals surface area contributed by atoms with Gasteiger partial charge in [0.05, 0.1) is 16.6 Å². The standard InChI is InChI=1S/C23H18F3N3O/c1-15-3-2-4-19(11-15)29-14-28-20-12-17(7-10-21(20)29)22(30)27-13-16-5-8-18(9-6-16)23(24,25)26/h2-12,14H,13H2,1H3,(H,27,30). The van der Waals surface area contributed by atoms with Gasteiger partial charge in [0.1, 0.15) is 6.33 Å². The fourth-order valence-electron chi connectivity index (χ4n) is 3.23. The van der Waals surface area contributed by atoms with Gasteiger partial charge in [-0.25, -0.2) is 4.98 Å². The number of fused-ring (bicyclic) bond motifs is 1. The van der Waals surface area contributed by atoms with E-state index in [1.807, 2.05) is 41.8 Å². The first kappa shape index (κ1) is 19.7. The minimum Gasteiger partial charge on any atom is -0.348 e. The molecule has 0 bridgehead atoms. The second-order valence-electron chi connectivity index (χ2n) is 7.03. The van der Waals surface area contributed by atoms with E-state index in [1.165, 1.54) is 12.1 Å². The van der Waals surface area contributed by atoms with Crippen LogP contribution in [0.4, 0.5) is 13.2 Å². The van der Waals surface area contributed by atoms with Gasteiger partial charge < -0.3 is 5.32 Å². The molecule has 0 aliphatic rings. The Hall–Kier alpha value is -3.61. The Balaban J connectivity index is 1.49. The van der Waals surface area contributed by atoms with Crippen molar-refractivity contribution in [2.45, 2.75) is 19.6 Å². The normalized spacial score (nSPS) is 11.6. The summed E-state index contributed by atoms with van der Waals surface area (Å²) in [7, 11) is 0. The Morgan fingerprint density at radius 2 is 1.80 bits per heavy atom. The molecule has 4 rings (SSSR count). The lowest BCUT2D eigenvalue weighted by Gasteiger charge is -2.09. The molecule has 152 valence electrons. The highest BCUT2D eigenvalue weighted by Gasteiger charge is 2.29. The molecule has 0 saturated heterocycles. The van der Waals surface area contributed by atoms with Crippen molar-refractivity contribution in [1.82, 2.24) is 14.9 Å². The first-order valence-corrected chi connectivity index (χ1v) is 9.30. The average Bonchev–Trinajstić information content (AvgIpc) is 3.15. The molecule has 0 unspecified atom stereocenters. The van der Waals surface area contributed by atoms with Gasteiger partial charge in [0.25, 0.3) is 5.91 Å². The number of amides is 1. The van der Waals surface area contributed by atoms with E-state index in [2.05, 4.69) is 10.3 Å². The summed E-state index contributed by atoms with van der Waals surface area (Å²) in [6.45, 7) is 2.15. The van der Waals surface area contributed by atoms with Gasteiger partial charge in [-0.15, -0.1) is 0 Å². The third-order valence-electron chi connectivity index (χ3n) is 4.82. The Labute approximate surface area is 171 Å². The molecule has 30 heavy (non-hydrogen) atoms. The van der Waals surface area contributed by atoms with Crippen LogP contribution in [0.2, 0.25) is 0 Å². The lowest BCUT2D eigenvalue weighted by molar-refractivity contribution is -0.137. The first-order valence-electron chi connectivity index (χ1n) is 9.30. The number of nitrogens with one attached hydrogen (secondary N) is 1. The molecule has 4 nitrogen and oxygen atoms in total.